The summed E-state index contributed by atoms with van der Waals surface area (Å²) in [5, 5.41) is 0. The van der Waals surface area contributed by atoms with Crippen LogP contribution in [0.4, 0.5) is 5.69 Å². The molecule has 0 spiro atoms. The van der Waals surface area contributed by atoms with Crippen molar-refractivity contribution in [1.29, 1.82) is 0 Å². The van der Waals surface area contributed by atoms with Crippen molar-refractivity contribution in [3.8, 4) is 28.7 Å². The van der Waals surface area contributed by atoms with Gasteiger partial charge < -0.3 is 23.7 Å². The van der Waals surface area contributed by atoms with E-state index in [1.807, 2.05) is 12.1 Å². The Morgan fingerprint density at radius 3 is 2.10 bits per heavy atom. The Hall–Kier alpha value is -3.61. The summed E-state index contributed by atoms with van der Waals surface area (Å²) in [4.78, 5) is 14.4. The van der Waals surface area contributed by atoms with Gasteiger partial charge in [0.05, 0.1) is 40.2 Å². The molecule has 2 aromatic carbocycles. The molecule has 2 aromatic rings. The van der Waals surface area contributed by atoms with E-state index in [4.69, 9.17) is 23.7 Å². The molecule has 1 saturated heterocycles. The van der Waals surface area contributed by atoms with Crippen LogP contribution >= 0.6 is 0 Å². The van der Waals surface area contributed by atoms with Crippen LogP contribution in [0.25, 0.3) is 0 Å². The van der Waals surface area contributed by atoms with Gasteiger partial charge in [-0.05, 0) is 17.7 Å². The van der Waals surface area contributed by atoms with Crippen LogP contribution < -0.4 is 28.6 Å². The van der Waals surface area contributed by atoms with Gasteiger partial charge in [0.25, 0.3) is 5.91 Å². The van der Waals surface area contributed by atoms with Crippen LogP contribution in [0.3, 0.4) is 0 Å². The van der Waals surface area contributed by atoms with Crippen molar-refractivity contribution >= 4 is 11.6 Å². The Bertz CT molecular complexity index is 959. The average Bonchev–Trinajstić information content (AvgIpc) is 2.79. The normalized spacial score (nSPS) is 15.3. The van der Waals surface area contributed by atoms with E-state index in [2.05, 4.69) is 13.2 Å². The molecule has 1 aliphatic heterocycles. The molecule has 7 heteroatoms. The maximum Gasteiger partial charge on any atom is 0.256 e. The summed E-state index contributed by atoms with van der Waals surface area (Å²) in [7, 11) is 6.16. The number of amides is 1. The molecule has 0 saturated carbocycles. The van der Waals surface area contributed by atoms with Gasteiger partial charge in [-0.2, -0.15) is 0 Å². The lowest BCUT2D eigenvalue weighted by molar-refractivity contribution is -0.118. The fourth-order valence-corrected chi connectivity index (χ4v) is 3.43. The summed E-state index contributed by atoms with van der Waals surface area (Å²) in [5.41, 5.74) is 1.92. The fraction of sp³-hybridized carbons (Fsp3) is 0.261. The van der Waals surface area contributed by atoms with Gasteiger partial charge in [-0.25, -0.2) is 0 Å². The van der Waals surface area contributed by atoms with Gasteiger partial charge in [0.1, 0.15) is 6.61 Å². The number of ether oxygens (including phenoxy) is 5. The number of methoxy groups -OCH3 is 4. The lowest BCUT2D eigenvalue weighted by Crippen LogP contribution is -2.48. The number of hydrogen-bond donors (Lipinski definition) is 0. The first-order valence-electron chi connectivity index (χ1n) is 9.24. The second kappa shape index (κ2) is 8.82. The lowest BCUT2D eigenvalue weighted by atomic mass is 9.88. The highest BCUT2D eigenvalue weighted by molar-refractivity contribution is 6.15. The minimum atomic E-state index is -0.364. The first-order chi connectivity index (χ1) is 14.5. The van der Waals surface area contributed by atoms with Crippen LogP contribution in [0, 0.1) is 0 Å². The third-order valence-corrected chi connectivity index (χ3v) is 4.87. The van der Waals surface area contributed by atoms with Crippen LogP contribution in [0.15, 0.2) is 55.1 Å². The van der Waals surface area contributed by atoms with Crippen molar-refractivity contribution in [2.24, 2.45) is 0 Å². The zero-order chi connectivity index (χ0) is 21.8. The zero-order valence-electron chi connectivity index (χ0n) is 17.6. The Kier molecular flexibility index (Phi) is 6.20. The average molecular weight is 411 g/mol. The van der Waals surface area contributed by atoms with E-state index in [1.54, 1.807) is 36.3 Å². The summed E-state index contributed by atoms with van der Waals surface area (Å²) in [6.45, 7) is 7.97. The van der Waals surface area contributed by atoms with Gasteiger partial charge in [0.15, 0.2) is 23.0 Å². The molecule has 0 aliphatic carbocycles. The first kappa shape index (κ1) is 21.1. The lowest BCUT2D eigenvalue weighted by Gasteiger charge is -2.42. The van der Waals surface area contributed by atoms with Gasteiger partial charge in [-0.15, -0.1) is 0 Å². The van der Waals surface area contributed by atoms with Gasteiger partial charge in [0, 0.05) is 17.7 Å². The van der Waals surface area contributed by atoms with Crippen molar-refractivity contribution < 1.29 is 28.5 Å². The molecule has 1 fully saturated rings. The molecule has 1 heterocycles. The van der Waals surface area contributed by atoms with Crippen molar-refractivity contribution in [3.63, 3.8) is 0 Å². The van der Waals surface area contributed by atoms with Crippen LogP contribution in [-0.2, 0) is 4.79 Å². The Labute approximate surface area is 176 Å². The van der Waals surface area contributed by atoms with Gasteiger partial charge in [-0.1, -0.05) is 25.3 Å². The van der Waals surface area contributed by atoms with E-state index in [1.165, 1.54) is 21.3 Å². The van der Waals surface area contributed by atoms with Crippen molar-refractivity contribution in [2.75, 3.05) is 39.9 Å². The van der Waals surface area contributed by atoms with Crippen molar-refractivity contribution in [3.05, 3.63) is 60.7 Å². The van der Waals surface area contributed by atoms with Gasteiger partial charge >= 0.3 is 0 Å². The number of β-lactam (4-membered cyclic amide) rings is 1. The number of hydrogen-bond acceptors (Lipinski definition) is 6. The van der Waals surface area contributed by atoms with E-state index in [0.29, 0.717) is 46.6 Å². The van der Waals surface area contributed by atoms with E-state index in [9.17, 15) is 4.79 Å². The van der Waals surface area contributed by atoms with Crippen molar-refractivity contribution in [2.45, 2.75) is 6.04 Å². The molecule has 1 amide bonds. The minimum Gasteiger partial charge on any atom is -0.493 e. The van der Waals surface area contributed by atoms with E-state index in [0.717, 1.165) is 5.56 Å². The van der Waals surface area contributed by atoms with Gasteiger partial charge in [-0.3, -0.25) is 9.69 Å². The molecule has 0 unspecified atom stereocenters. The number of carbonyl (C=O) groups is 1. The molecule has 1 atom stereocenters. The summed E-state index contributed by atoms with van der Waals surface area (Å²) < 4.78 is 27.3. The molecule has 158 valence electrons. The highest BCUT2D eigenvalue weighted by Gasteiger charge is 2.43. The molecular formula is C23H25NO6. The van der Waals surface area contributed by atoms with E-state index < -0.39 is 0 Å². The molecule has 0 bridgehead atoms. The molecule has 0 radical (unpaired) electrons. The summed E-state index contributed by atoms with van der Waals surface area (Å²) in [6.07, 6.45) is 1.65. The molecule has 1 aliphatic rings. The smallest absolute Gasteiger partial charge is 0.256 e. The van der Waals surface area contributed by atoms with E-state index in [-0.39, 0.29) is 11.9 Å². The topological polar surface area (TPSA) is 66.5 Å². The second-order valence-electron chi connectivity index (χ2n) is 6.50. The number of anilines is 1. The predicted octanol–water partition coefficient (Wildman–Crippen LogP) is 3.93. The summed E-state index contributed by atoms with van der Waals surface area (Å²) >= 11 is 0. The molecule has 3 rings (SSSR count). The highest BCUT2D eigenvalue weighted by atomic mass is 16.5. The largest absolute Gasteiger partial charge is 0.493 e. The molecule has 7 nitrogen and oxygen atoms in total. The zero-order valence-corrected chi connectivity index (χ0v) is 17.6. The first-order valence-corrected chi connectivity index (χ1v) is 9.24. The van der Waals surface area contributed by atoms with Crippen LogP contribution in [0.5, 0.6) is 28.7 Å². The maximum absolute atomic E-state index is 12.7. The molecular weight excluding hydrogens is 386 g/mol. The Balaban J connectivity index is 2.04. The van der Waals surface area contributed by atoms with Gasteiger partial charge in [0.2, 0.25) is 5.75 Å². The monoisotopic (exact) mass is 411 g/mol. The second-order valence-corrected chi connectivity index (χ2v) is 6.50. The predicted molar refractivity (Wildman–Crippen MR) is 114 cm³/mol. The minimum absolute atomic E-state index is 0.182. The summed E-state index contributed by atoms with van der Waals surface area (Å²) in [6, 6.07) is 8.63. The van der Waals surface area contributed by atoms with Crippen molar-refractivity contribution in [1.82, 2.24) is 0 Å². The van der Waals surface area contributed by atoms with Crippen LogP contribution in [-0.4, -0.2) is 41.0 Å². The quantitative estimate of drug-likeness (QED) is 0.354. The van der Waals surface area contributed by atoms with E-state index >= 15 is 0 Å². The molecule has 30 heavy (non-hydrogen) atoms. The van der Waals surface area contributed by atoms with Crippen LogP contribution in [0.2, 0.25) is 0 Å². The molecule has 0 aromatic heterocycles. The summed E-state index contributed by atoms with van der Waals surface area (Å²) in [5.74, 6) is 2.35. The number of nitrogens with zero attached hydrogens (tertiary/aromatic N) is 1. The third-order valence-electron chi connectivity index (χ3n) is 4.87. The molecule has 0 N–H and O–H groups in total. The SMILES string of the molecule is C=CCOc1cc([C@H]2C(=C)C(=O)N2c2cc(OC)c(OC)c(OC)c2)ccc1OC. The number of benzene rings is 2. The Morgan fingerprint density at radius 2 is 1.57 bits per heavy atom. The van der Waals surface area contributed by atoms with Crippen LogP contribution in [0.1, 0.15) is 11.6 Å². The third kappa shape index (κ3) is 3.54. The standard InChI is InChI=1S/C23H25NO6/c1-7-10-30-18-11-15(8-9-17(18)26-3)21-14(2)23(25)24(21)16-12-19(27-4)22(29-6)20(13-16)28-5/h7-9,11-13,21H,1-2,10H2,3-6H3/t21-/m1/s1. The number of carbonyl (C=O) groups excluding carboxylic acids is 1. The Morgan fingerprint density at radius 1 is 0.933 bits per heavy atom. The fourth-order valence-electron chi connectivity index (χ4n) is 3.43. The number of rotatable bonds is 9. The highest BCUT2D eigenvalue weighted by Crippen LogP contribution is 2.48. The maximum atomic E-state index is 12.7.